The van der Waals surface area contributed by atoms with Crippen LogP contribution in [0.3, 0.4) is 0 Å². The highest BCUT2D eigenvalue weighted by Crippen LogP contribution is 2.24. The van der Waals surface area contributed by atoms with Crippen molar-refractivity contribution in [3.8, 4) is 5.75 Å². The quantitative estimate of drug-likeness (QED) is 0.824. The molecule has 0 bridgehead atoms. The molecule has 0 aromatic heterocycles. The molecule has 0 aliphatic heterocycles. The molecule has 0 fully saturated rings. The molecule has 0 aliphatic carbocycles. The first-order valence-electron chi connectivity index (χ1n) is 5.95. The molecule has 0 radical (unpaired) electrons. The molecule has 0 unspecified atom stereocenters. The third-order valence-corrected chi connectivity index (χ3v) is 2.96. The van der Waals surface area contributed by atoms with Crippen molar-refractivity contribution in [1.82, 2.24) is 5.32 Å². The Morgan fingerprint density at radius 2 is 2.06 bits per heavy atom. The fourth-order valence-corrected chi connectivity index (χ4v) is 1.92. The first kappa shape index (κ1) is 14.0. The Morgan fingerprint density at radius 1 is 1.35 bits per heavy atom. The summed E-state index contributed by atoms with van der Waals surface area (Å²) in [6.45, 7) is 5.39. The number of aryl methyl sites for hydroxylation is 1. The molecule has 0 amide bonds. The topological polar surface area (TPSA) is 21.3 Å². The molecule has 0 spiro atoms. The van der Waals surface area contributed by atoms with Gasteiger partial charge in [-0.3, -0.25) is 0 Å². The lowest BCUT2D eigenvalue weighted by Crippen LogP contribution is -2.27. The molecule has 2 nitrogen and oxygen atoms in total. The van der Waals surface area contributed by atoms with E-state index in [2.05, 4.69) is 19.2 Å². The molecule has 1 aromatic carbocycles. The Hall–Kier alpha value is -1.09. The van der Waals surface area contributed by atoms with Crippen molar-refractivity contribution in [2.75, 3.05) is 20.7 Å². The van der Waals surface area contributed by atoms with Crippen LogP contribution in [0.2, 0.25) is 0 Å². The van der Waals surface area contributed by atoms with Gasteiger partial charge in [-0.2, -0.15) is 0 Å². The van der Waals surface area contributed by atoms with Crippen LogP contribution in [0, 0.1) is 11.2 Å². The van der Waals surface area contributed by atoms with Gasteiger partial charge in [0.15, 0.2) is 11.6 Å². The molecule has 0 saturated heterocycles. The minimum absolute atomic E-state index is 0.227. The van der Waals surface area contributed by atoms with E-state index >= 15 is 0 Å². The highest BCUT2D eigenvalue weighted by atomic mass is 19.1. The van der Waals surface area contributed by atoms with E-state index in [9.17, 15) is 4.39 Å². The van der Waals surface area contributed by atoms with Gasteiger partial charge >= 0.3 is 0 Å². The first-order valence-corrected chi connectivity index (χ1v) is 5.95. The molecule has 0 heterocycles. The Kier molecular flexibility index (Phi) is 4.94. The van der Waals surface area contributed by atoms with Crippen molar-refractivity contribution < 1.29 is 9.13 Å². The fraction of sp³-hybridized carbons (Fsp3) is 0.571. The number of halogens is 1. The second-order valence-electron chi connectivity index (χ2n) is 5.16. The van der Waals surface area contributed by atoms with Crippen LogP contribution in [0.4, 0.5) is 4.39 Å². The molecular weight excluding hydrogens is 217 g/mol. The summed E-state index contributed by atoms with van der Waals surface area (Å²) in [5.74, 6) is 0.0275. The van der Waals surface area contributed by atoms with Gasteiger partial charge in [0.1, 0.15) is 0 Å². The normalized spacial score (nSPS) is 11.6. The monoisotopic (exact) mass is 239 g/mol. The number of benzene rings is 1. The third-order valence-electron chi connectivity index (χ3n) is 2.96. The molecule has 1 N–H and O–H groups in total. The second kappa shape index (κ2) is 6.01. The van der Waals surface area contributed by atoms with Gasteiger partial charge in [0, 0.05) is 0 Å². The zero-order valence-corrected chi connectivity index (χ0v) is 11.1. The minimum Gasteiger partial charge on any atom is -0.494 e. The van der Waals surface area contributed by atoms with Crippen LogP contribution in [0.25, 0.3) is 0 Å². The number of nitrogens with one attached hydrogen (secondary N) is 1. The molecule has 0 aliphatic rings. The lowest BCUT2D eigenvalue weighted by Gasteiger charge is -2.24. The van der Waals surface area contributed by atoms with Crippen LogP contribution in [0.5, 0.6) is 5.75 Å². The van der Waals surface area contributed by atoms with E-state index in [4.69, 9.17) is 4.74 Å². The van der Waals surface area contributed by atoms with Crippen LogP contribution in [-0.2, 0) is 6.42 Å². The summed E-state index contributed by atoms with van der Waals surface area (Å²) < 4.78 is 18.4. The SMILES string of the molecule is CNCC(C)(C)CCc1ccc(OC)c(F)c1. The van der Waals surface area contributed by atoms with Gasteiger partial charge in [-0.15, -0.1) is 0 Å². The van der Waals surface area contributed by atoms with Gasteiger partial charge in [-0.05, 0) is 49.5 Å². The van der Waals surface area contributed by atoms with Crippen molar-refractivity contribution in [1.29, 1.82) is 0 Å². The highest BCUT2D eigenvalue weighted by Gasteiger charge is 2.16. The zero-order chi connectivity index (χ0) is 12.9. The summed E-state index contributed by atoms with van der Waals surface area (Å²) in [4.78, 5) is 0. The summed E-state index contributed by atoms with van der Waals surface area (Å²) in [6, 6.07) is 5.18. The Labute approximate surface area is 103 Å². The van der Waals surface area contributed by atoms with E-state index < -0.39 is 0 Å². The van der Waals surface area contributed by atoms with Crippen LogP contribution >= 0.6 is 0 Å². The predicted molar refractivity (Wildman–Crippen MR) is 69.0 cm³/mol. The van der Waals surface area contributed by atoms with Gasteiger partial charge < -0.3 is 10.1 Å². The molecule has 0 atom stereocenters. The molecule has 0 saturated carbocycles. The maximum atomic E-state index is 13.5. The van der Waals surface area contributed by atoms with Gasteiger partial charge in [0.2, 0.25) is 0 Å². The predicted octanol–water partition coefficient (Wildman–Crippen LogP) is 3.01. The van der Waals surface area contributed by atoms with E-state index in [1.165, 1.54) is 7.11 Å². The standard InChI is InChI=1S/C14H22FNO/c1-14(2,10-16-3)8-7-11-5-6-13(17-4)12(15)9-11/h5-6,9,16H,7-8,10H2,1-4H3. The molecule has 3 heteroatoms. The lowest BCUT2D eigenvalue weighted by molar-refractivity contribution is 0.324. The summed E-state index contributed by atoms with van der Waals surface area (Å²) >= 11 is 0. The number of ether oxygens (including phenoxy) is 1. The highest BCUT2D eigenvalue weighted by molar-refractivity contribution is 5.29. The van der Waals surface area contributed by atoms with Gasteiger partial charge in [0.05, 0.1) is 7.11 Å². The fourth-order valence-electron chi connectivity index (χ4n) is 1.92. The van der Waals surface area contributed by atoms with E-state index in [1.807, 2.05) is 13.1 Å². The van der Waals surface area contributed by atoms with Crippen LogP contribution in [0.15, 0.2) is 18.2 Å². The number of hydrogen-bond donors (Lipinski definition) is 1. The van der Waals surface area contributed by atoms with Gasteiger partial charge in [-0.25, -0.2) is 4.39 Å². The second-order valence-corrected chi connectivity index (χ2v) is 5.16. The zero-order valence-electron chi connectivity index (χ0n) is 11.1. The van der Waals surface area contributed by atoms with E-state index in [0.717, 1.165) is 24.9 Å². The Morgan fingerprint density at radius 3 is 2.59 bits per heavy atom. The number of rotatable bonds is 6. The number of hydrogen-bond acceptors (Lipinski definition) is 2. The third kappa shape index (κ3) is 4.35. The van der Waals surface area contributed by atoms with Crippen molar-refractivity contribution in [2.45, 2.75) is 26.7 Å². The average molecular weight is 239 g/mol. The minimum atomic E-state index is -0.281. The van der Waals surface area contributed by atoms with Crippen LogP contribution < -0.4 is 10.1 Å². The molecule has 17 heavy (non-hydrogen) atoms. The summed E-state index contributed by atoms with van der Waals surface area (Å²) in [5.41, 5.74) is 1.25. The van der Waals surface area contributed by atoms with Crippen molar-refractivity contribution in [3.05, 3.63) is 29.6 Å². The Bertz CT molecular complexity index is 363. The smallest absolute Gasteiger partial charge is 0.165 e. The molecule has 1 rings (SSSR count). The molecule has 1 aromatic rings. The summed E-state index contributed by atoms with van der Waals surface area (Å²) in [5, 5.41) is 3.18. The van der Waals surface area contributed by atoms with Crippen molar-refractivity contribution >= 4 is 0 Å². The molecular formula is C14H22FNO. The van der Waals surface area contributed by atoms with E-state index in [1.54, 1.807) is 12.1 Å². The summed E-state index contributed by atoms with van der Waals surface area (Å²) in [7, 11) is 3.43. The number of methoxy groups -OCH3 is 1. The van der Waals surface area contributed by atoms with Crippen molar-refractivity contribution in [2.24, 2.45) is 5.41 Å². The van der Waals surface area contributed by atoms with Crippen LogP contribution in [0.1, 0.15) is 25.8 Å². The van der Waals surface area contributed by atoms with Crippen LogP contribution in [-0.4, -0.2) is 20.7 Å². The maximum Gasteiger partial charge on any atom is 0.165 e. The maximum absolute atomic E-state index is 13.5. The van der Waals surface area contributed by atoms with Gasteiger partial charge in [0.25, 0.3) is 0 Å². The first-order chi connectivity index (χ1) is 7.98. The molecule has 96 valence electrons. The summed E-state index contributed by atoms with van der Waals surface area (Å²) in [6.07, 6.45) is 1.91. The largest absolute Gasteiger partial charge is 0.494 e. The van der Waals surface area contributed by atoms with Gasteiger partial charge in [-0.1, -0.05) is 19.9 Å². The van der Waals surface area contributed by atoms with E-state index in [0.29, 0.717) is 5.75 Å². The Balaban J connectivity index is 2.61. The van der Waals surface area contributed by atoms with Crippen molar-refractivity contribution in [3.63, 3.8) is 0 Å². The van der Waals surface area contributed by atoms with E-state index in [-0.39, 0.29) is 11.2 Å². The average Bonchev–Trinajstić information content (AvgIpc) is 2.27. The lowest BCUT2D eigenvalue weighted by atomic mass is 9.86.